The third-order valence-electron chi connectivity index (χ3n) is 5.48. The van der Waals surface area contributed by atoms with E-state index in [9.17, 15) is 4.79 Å². The highest BCUT2D eigenvalue weighted by Gasteiger charge is 2.31. The molecule has 148 valence electrons. The molecule has 1 N–H and O–H groups in total. The van der Waals surface area contributed by atoms with Gasteiger partial charge in [0.15, 0.2) is 0 Å². The van der Waals surface area contributed by atoms with Crippen molar-refractivity contribution in [3.8, 4) is 11.5 Å². The van der Waals surface area contributed by atoms with E-state index in [-0.39, 0.29) is 5.91 Å². The van der Waals surface area contributed by atoms with Crippen LogP contribution in [0.1, 0.15) is 23.2 Å². The summed E-state index contributed by atoms with van der Waals surface area (Å²) < 4.78 is 10.5. The molecular weight excluding hydrogens is 354 g/mol. The zero-order valence-corrected chi connectivity index (χ0v) is 16.5. The topological polar surface area (TPSA) is 54.0 Å². The maximum atomic E-state index is 12.6. The van der Waals surface area contributed by atoms with E-state index < -0.39 is 0 Å². The molecule has 0 aromatic heterocycles. The first kappa shape index (κ1) is 18.6. The average molecular weight is 381 g/mol. The molecule has 1 heterocycles. The van der Waals surface area contributed by atoms with E-state index in [1.807, 2.05) is 12.1 Å². The second-order valence-electron chi connectivity index (χ2n) is 7.36. The zero-order valence-electron chi connectivity index (χ0n) is 16.5. The van der Waals surface area contributed by atoms with Gasteiger partial charge in [-0.2, -0.15) is 0 Å². The SMILES string of the molecule is COc1cc(OC)cc(C(=O)Nc2ccc(N3CCN(C4CC4)CC3)cc2)c1. The molecule has 1 amide bonds. The van der Waals surface area contributed by atoms with Gasteiger partial charge in [-0.25, -0.2) is 0 Å². The zero-order chi connectivity index (χ0) is 19.5. The molecule has 1 aliphatic heterocycles. The lowest BCUT2D eigenvalue weighted by Gasteiger charge is -2.36. The molecule has 6 nitrogen and oxygen atoms in total. The minimum Gasteiger partial charge on any atom is -0.497 e. The second-order valence-corrected chi connectivity index (χ2v) is 7.36. The van der Waals surface area contributed by atoms with Crippen molar-refractivity contribution in [3.63, 3.8) is 0 Å². The third-order valence-corrected chi connectivity index (χ3v) is 5.48. The standard InChI is InChI=1S/C22H27N3O3/c1-27-20-13-16(14-21(15-20)28-2)22(26)23-17-3-5-18(6-4-17)24-9-11-25(12-10-24)19-7-8-19/h3-6,13-15,19H,7-12H2,1-2H3,(H,23,26). The quantitative estimate of drug-likeness (QED) is 0.833. The Labute approximate surface area is 166 Å². The molecule has 1 aliphatic carbocycles. The van der Waals surface area contributed by atoms with Gasteiger partial charge in [0, 0.05) is 55.2 Å². The van der Waals surface area contributed by atoms with Gasteiger partial charge in [0.2, 0.25) is 0 Å². The highest BCUT2D eigenvalue weighted by molar-refractivity contribution is 6.04. The number of rotatable bonds is 6. The average Bonchev–Trinajstić information content (AvgIpc) is 3.59. The van der Waals surface area contributed by atoms with Crippen LogP contribution in [0.2, 0.25) is 0 Å². The number of amides is 1. The molecule has 28 heavy (non-hydrogen) atoms. The van der Waals surface area contributed by atoms with Crippen molar-refractivity contribution in [2.75, 3.05) is 50.6 Å². The third kappa shape index (κ3) is 4.22. The van der Waals surface area contributed by atoms with Crippen LogP contribution in [0, 0.1) is 0 Å². The van der Waals surface area contributed by atoms with E-state index in [0.29, 0.717) is 17.1 Å². The number of hydrogen-bond donors (Lipinski definition) is 1. The van der Waals surface area contributed by atoms with Crippen LogP contribution in [-0.4, -0.2) is 57.2 Å². The summed E-state index contributed by atoms with van der Waals surface area (Å²) in [5, 5.41) is 2.94. The van der Waals surface area contributed by atoms with Crippen LogP contribution < -0.4 is 19.7 Å². The normalized spacial score (nSPS) is 17.3. The van der Waals surface area contributed by atoms with Crippen molar-refractivity contribution in [2.45, 2.75) is 18.9 Å². The van der Waals surface area contributed by atoms with Crippen molar-refractivity contribution in [2.24, 2.45) is 0 Å². The van der Waals surface area contributed by atoms with Crippen LogP contribution in [0.3, 0.4) is 0 Å². The number of carbonyl (C=O) groups excluding carboxylic acids is 1. The number of carbonyl (C=O) groups is 1. The minimum atomic E-state index is -0.192. The molecule has 0 atom stereocenters. The predicted octanol–water partition coefficient (Wildman–Crippen LogP) is 3.24. The van der Waals surface area contributed by atoms with Crippen molar-refractivity contribution >= 4 is 17.3 Å². The Morgan fingerprint density at radius 2 is 1.54 bits per heavy atom. The minimum absolute atomic E-state index is 0.192. The van der Waals surface area contributed by atoms with Crippen LogP contribution in [-0.2, 0) is 0 Å². The Hall–Kier alpha value is -2.73. The van der Waals surface area contributed by atoms with Gasteiger partial charge < -0.3 is 19.7 Å². The highest BCUT2D eigenvalue weighted by Crippen LogP contribution is 2.29. The molecule has 2 fully saturated rings. The van der Waals surface area contributed by atoms with Gasteiger partial charge in [0.25, 0.3) is 5.91 Å². The molecule has 0 bridgehead atoms. The summed E-state index contributed by atoms with van der Waals surface area (Å²) in [6.45, 7) is 4.40. The van der Waals surface area contributed by atoms with Gasteiger partial charge in [0.1, 0.15) is 11.5 Å². The van der Waals surface area contributed by atoms with Gasteiger partial charge in [-0.3, -0.25) is 9.69 Å². The molecular formula is C22H27N3O3. The summed E-state index contributed by atoms with van der Waals surface area (Å²) in [6, 6.07) is 14.1. The molecule has 2 aromatic carbocycles. The molecule has 1 saturated carbocycles. The summed E-state index contributed by atoms with van der Waals surface area (Å²) in [6.07, 6.45) is 2.74. The van der Waals surface area contributed by atoms with E-state index >= 15 is 0 Å². The summed E-state index contributed by atoms with van der Waals surface area (Å²) in [5.74, 6) is 0.985. The second kappa shape index (κ2) is 8.10. The number of nitrogens with one attached hydrogen (secondary N) is 1. The van der Waals surface area contributed by atoms with Crippen molar-refractivity contribution < 1.29 is 14.3 Å². The van der Waals surface area contributed by atoms with Crippen LogP contribution in [0.25, 0.3) is 0 Å². The number of methoxy groups -OCH3 is 2. The molecule has 1 saturated heterocycles. The summed E-state index contributed by atoms with van der Waals surface area (Å²) in [5.41, 5.74) is 2.47. The fourth-order valence-corrected chi connectivity index (χ4v) is 3.68. The Bertz CT molecular complexity index is 803. The molecule has 2 aromatic rings. The summed E-state index contributed by atoms with van der Waals surface area (Å²) >= 11 is 0. The monoisotopic (exact) mass is 381 g/mol. The smallest absolute Gasteiger partial charge is 0.255 e. The lowest BCUT2D eigenvalue weighted by atomic mass is 10.1. The van der Waals surface area contributed by atoms with Crippen molar-refractivity contribution in [1.82, 2.24) is 4.90 Å². The van der Waals surface area contributed by atoms with Crippen molar-refractivity contribution in [3.05, 3.63) is 48.0 Å². The molecule has 0 radical (unpaired) electrons. The van der Waals surface area contributed by atoms with E-state index in [1.54, 1.807) is 32.4 Å². The number of nitrogens with zero attached hydrogens (tertiary/aromatic N) is 2. The number of benzene rings is 2. The number of anilines is 2. The molecule has 4 rings (SSSR count). The lowest BCUT2D eigenvalue weighted by Crippen LogP contribution is -2.47. The largest absolute Gasteiger partial charge is 0.497 e. The van der Waals surface area contributed by atoms with E-state index in [0.717, 1.165) is 37.9 Å². The van der Waals surface area contributed by atoms with E-state index in [1.165, 1.54) is 18.5 Å². The Kier molecular flexibility index (Phi) is 5.39. The Morgan fingerprint density at radius 3 is 2.07 bits per heavy atom. The van der Waals surface area contributed by atoms with Gasteiger partial charge in [0.05, 0.1) is 14.2 Å². The Balaban J connectivity index is 1.38. The maximum absolute atomic E-state index is 12.6. The van der Waals surface area contributed by atoms with Crippen LogP contribution >= 0.6 is 0 Å². The van der Waals surface area contributed by atoms with Crippen molar-refractivity contribution in [1.29, 1.82) is 0 Å². The lowest BCUT2D eigenvalue weighted by molar-refractivity contribution is 0.102. The van der Waals surface area contributed by atoms with E-state index in [2.05, 4.69) is 27.2 Å². The fraction of sp³-hybridized carbons (Fsp3) is 0.409. The van der Waals surface area contributed by atoms with Crippen LogP contribution in [0.5, 0.6) is 11.5 Å². The number of piperazine rings is 1. The van der Waals surface area contributed by atoms with Gasteiger partial charge in [-0.15, -0.1) is 0 Å². The van der Waals surface area contributed by atoms with Gasteiger partial charge >= 0.3 is 0 Å². The molecule has 2 aliphatic rings. The molecule has 0 unspecified atom stereocenters. The van der Waals surface area contributed by atoms with Gasteiger partial charge in [-0.1, -0.05) is 0 Å². The predicted molar refractivity (Wildman–Crippen MR) is 111 cm³/mol. The fourth-order valence-electron chi connectivity index (χ4n) is 3.68. The Morgan fingerprint density at radius 1 is 0.929 bits per heavy atom. The molecule has 0 spiro atoms. The first-order valence-electron chi connectivity index (χ1n) is 9.80. The van der Waals surface area contributed by atoms with Crippen LogP contribution in [0.4, 0.5) is 11.4 Å². The van der Waals surface area contributed by atoms with E-state index in [4.69, 9.17) is 9.47 Å². The highest BCUT2D eigenvalue weighted by atomic mass is 16.5. The van der Waals surface area contributed by atoms with Crippen LogP contribution in [0.15, 0.2) is 42.5 Å². The summed E-state index contributed by atoms with van der Waals surface area (Å²) in [7, 11) is 3.14. The maximum Gasteiger partial charge on any atom is 0.255 e. The van der Waals surface area contributed by atoms with Gasteiger partial charge in [-0.05, 0) is 49.2 Å². The molecule has 6 heteroatoms. The first-order chi connectivity index (χ1) is 13.7. The first-order valence-corrected chi connectivity index (χ1v) is 9.80. The number of hydrogen-bond acceptors (Lipinski definition) is 5. The number of ether oxygens (including phenoxy) is 2. The summed E-state index contributed by atoms with van der Waals surface area (Å²) in [4.78, 5) is 17.6.